The van der Waals surface area contributed by atoms with Gasteiger partial charge >= 0.3 is 6.03 Å². The van der Waals surface area contributed by atoms with Crippen molar-refractivity contribution < 1.29 is 14.3 Å². The zero-order valence-electron chi connectivity index (χ0n) is 14.6. The van der Waals surface area contributed by atoms with Crippen LogP contribution < -0.4 is 15.4 Å². The number of carbonyl (C=O) groups excluding carboxylic acids is 2. The number of benzene rings is 2. The van der Waals surface area contributed by atoms with Crippen LogP contribution in [0, 0.1) is 0 Å². The maximum atomic E-state index is 12.0. The molecule has 2 aromatic carbocycles. The molecule has 1 heterocycles. The van der Waals surface area contributed by atoms with E-state index in [1.807, 2.05) is 47.4 Å². The highest BCUT2D eigenvalue weighted by Gasteiger charge is 2.17. The smallest absolute Gasteiger partial charge is 0.319 e. The first-order valence-electron chi connectivity index (χ1n) is 8.86. The molecule has 136 valence electrons. The first-order chi connectivity index (χ1) is 12.7. The third-order valence-electron chi connectivity index (χ3n) is 4.15. The number of nitrogens with one attached hydrogen (secondary N) is 2. The summed E-state index contributed by atoms with van der Waals surface area (Å²) < 4.78 is 5.75. The van der Waals surface area contributed by atoms with E-state index in [2.05, 4.69) is 10.6 Å². The number of hydrogen-bond donors (Lipinski definition) is 2. The average molecular weight is 353 g/mol. The van der Waals surface area contributed by atoms with E-state index in [4.69, 9.17) is 4.74 Å². The van der Waals surface area contributed by atoms with Crippen molar-refractivity contribution in [2.75, 3.05) is 25.0 Å². The fourth-order valence-electron chi connectivity index (χ4n) is 2.84. The van der Waals surface area contributed by atoms with Crippen LogP contribution in [0.3, 0.4) is 0 Å². The van der Waals surface area contributed by atoms with Crippen molar-refractivity contribution in [1.29, 1.82) is 0 Å². The minimum Gasteiger partial charge on any atom is -0.457 e. The van der Waals surface area contributed by atoms with Gasteiger partial charge in [-0.1, -0.05) is 24.3 Å². The predicted octanol–water partition coefficient (Wildman–Crippen LogP) is 3.61. The molecule has 2 aromatic rings. The van der Waals surface area contributed by atoms with Gasteiger partial charge in [0.25, 0.3) is 0 Å². The van der Waals surface area contributed by atoms with E-state index in [1.165, 1.54) is 0 Å². The van der Waals surface area contributed by atoms with Crippen LogP contribution in [-0.2, 0) is 4.79 Å². The van der Waals surface area contributed by atoms with E-state index in [-0.39, 0.29) is 11.9 Å². The van der Waals surface area contributed by atoms with Crippen molar-refractivity contribution in [3.63, 3.8) is 0 Å². The number of amides is 3. The van der Waals surface area contributed by atoms with Crippen molar-refractivity contribution in [1.82, 2.24) is 10.2 Å². The van der Waals surface area contributed by atoms with Crippen LogP contribution in [-0.4, -0.2) is 36.5 Å². The molecule has 1 aliphatic heterocycles. The third-order valence-corrected chi connectivity index (χ3v) is 4.15. The molecule has 1 fully saturated rings. The highest BCUT2D eigenvalue weighted by Crippen LogP contribution is 2.23. The van der Waals surface area contributed by atoms with Gasteiger partial charge in [-0.25, -0.2) is 4.79 Å². The summed E-state index contributed by atoms with van der Waals surface area (Å²) in [6.45, 7) is 1.99. The maximum Gasteiger partial charge on any atom is 0.319 e. The number of likely N-dealkylation sites (tertiary alicyclic amines) is 1. The molecule has 6 heteroatoms. The zero-order chi connectivity index (χ0) is 18.2. The second kappa shape index (κ2) is 8.89. The molecule has 0 unspecified atom stereocenters. The van der Waals surface area contributed by atoms with Gasteiger partial charge in [-0.15, -0.1) is 0 Å². The van der Waals surface area contributed by atoms with Crippen LogP contribution in [0.15, 0.2) is 54.6 Å². The van der Waals surface area contributed by atoms with Gasteiger partial charge in [0, 0.05) is 37.8 Å². The van der Waals surface area contributed by atoms with Gasteiger partial charge in [0.2, 0.25) is 5.91 Å². The number of urea groups is 1. The molecule has 0 aliphatic carbocycles. The summed E-state index contributed by atoms with van der Waals surface area (Å²) in [6, 6.07) is 16.3. The number of hydrogen-bond acceptors (Lipinski definition) is 3. The predicted molar refractivity (Wildman–Crippen MR) is 100 cm³/mol. The van der Waals surface area contributed by atoms with Gasteiger partial charge in [0.05, 0.1) is 0 Å². The molecule has 3 rings (SSSR count). The first kappa shape index (κ1) is 17.8. The Balaban J connectivity index is 1.45. The summed E-state index contributed by atoms with van der Waals surface area (Å²) in [7, 11) is 0. The summed E-state index contributed by atoms with van der Waals surface area (Å²) in [5, 5.41) is 5.47. The van der Waals surface area contributed by atoms with E-state index in [0.717, 1.165) is 31.7 Å². The normalized spacial score (nSPS) is 13.3. The molecule has 0 spiro atoms. The quantitative estimate of drug-likeness (QED) is 0.833. The van der Waals surface area contributed by atoms with Gasteiger partial charge < -0.3 is 20.3 Å². The first-order valence-corrected chi connectivity index (χ1v) is 8.86. The second-order valence-corrected chi connectivity index (χ2v) is 6.16. The number of carbonyl (C=O) groups is 2. The summed E-state index contributed by atoms with van der Waals surface area (Å²) in [5.74, 6) is 1.47. The molecular formula is C20H23N3O3. The minimum absolute atomic E-state index is 0.0982. The Bertz CT molecular complexity index is 743. The molecule has 3 amide bonds. The number of rotatable bonds is 6. The molecular weight excluding hydrogens is 330 g/mol. The molecule has 0 bridgehead atoms. The van der Waals surface area contributed by atoms with Gasteiger partial charge in [-0.3, -0.25) is 4.79 Å². The standard InChI is InChI=1S/C20H23N3O3/c24-19(23-13-4-5-14-23)11-12-21-20(25)22-16-7-6-10-18(15-16)26-17-8-2-1-3-9-17/h1-3,6-10,15H,4-5,11-14H2,(H2,21,22,25). The Morgan fingerprint density at radius 2 is 1.69 bits per heavy atom. The van der Waals surface area contributed by atoms with E-state index in [9.17, 15) is 9.59 Å². The number of ether oxygens (including phenoxy) is 1. The minimum atomic E-state index is -0.337. The highest BCUT2D eigenvalue weighted by atomic mass is 16.5. The third kappa shape index (κ3) is 5.24. The Morgan fingerprint density at radius 3 is 2.46 bits per heavy atom. The van der Waals surface area contributed by atoms with Crippen LogP contribution >= 0.6 is 0 Å². The fraction of sp³-hybridized carbons (Fsp3) is 0.300. The van der Waals surface area contributed by atoms with Crippen molar-refractivity contribution in [3.8, 4) is 11.5 Å². The lowest BCUT2D eigenvalue weighted by Gasteiger charge is -2.15. The molecule has 0 aromatic heterocycles. The van der Waals surface area contributed by atoms with Crippen molar-refractivity contribution in [3.05, 3.63) is 54.6 Å². The second-order valence-electron chi connectivity index (χ2n) is 6.16. The molecule has 1 aliphatic rings. The Labute approximate surface area is 153 Å². The zero-order valence-corrected chi connectivity index (χ0v) is 14.6. The van der Waals surface area contributed by atoms with Gasteiger partial charge in [-0.05, 0) is 37.1 Å². The summed E-state index contributed by atoms with van der Waals surface area (Å²) in [6.07, 6.45) is 2.46. The molecule has 0 radical (unpaired) electrons. The van der Waals surface area contributed by atoms with E-state index in [0.29, 0.717) is 24.4 Å². The van der Waals surface area contributed by atoms with E-state index >= 15 is 0 Å². The van der Waals surface area contributed by atoms with Crippen molar-refractivity contribution in [2.24, 2.45) is 0 Å². The molecule has 2 N–H and O–H groups in total. The fourth-order valence-corrected chi connectivity index (χ4v) is 2.84. The number of anilines is 1. The van der Waals surface area contributed by atoms with Gasteiger partial charge in [0.15, 0.2) is 0 Å². The Morgan fingerprint density at radius 1 is 0.962 bits per heavy atom. The molecule has 1 saturated heterocycles. The number of nitrogens with zero attached hydrogens (tertiary/aromatic N) is 1. The molecule has 6 nitrogen and oxygen atoms in total. The molecule has 26 heavy (non-hydrogen) atoms. The lowest BCUT2D eigenvalue weighted by atomic mass is 10.3. The Kier molecular flexibility index (Phi) is 6.09. The lowest BCUT2D eigenvalue weighted by molar-refractivity contribution is -0.129. The highest BCUT2D eigenvalue weighted by molar-refractivity contribution is 5.89. The number of para-hydroxylation sites is 1. The summed E-state index contributed by atoms with van der Waals surface area (Å²) in [5.41, 5.74) is 0.627. The van der Waals surface area contributed by atoms with Crippen LogP contribution in [0.25, 0.3) is 0 Å². The SMILES string of the molecule is O=C(NCCC(=O)N1CCCC1)Nc1cccc(Oc2ccccc2)c1. The summed E-state index contributed by atoms with van der Waals surface area (Å²) >= 11 is 0. The monoisotopic (exact) mass is 353 g/mol. The maximum absolute atomic E-state index is 12.0. The van der Waals surface area contributed by atoms with Crippen LogP contribution in [0.2, 0.25) is 0 Å². The van der Waals surface area contributed by atoms with Crippen molar-refractivity contribution >= 4 is 17.6 Å². The molecule has 0 atom stereocenters. The molecule has 0 saturated carbocycles. The Hall–Kier alpha value is -3.02. The van der Waals surface area contributed by atoms with E-state index < -0.39 is 0 Å². The average Bonchev–Trinajstić information content (AvgIpc) is 3.17. The lowest BCUT2D eigenvalue weighted by Crippen LogP contribution is -2.34. The largest absolute Gasteiger partial charge is 0.457 e. The topological polar surface area (TPSA) is 70.7 Å². The summed E-state index contributed by atoms with van der Waals surface area (Å²) in [4.78, 5) is 25.8. The van der Waals surface area contributed by atoms with E-state index in [1.54, 1.807) is 12.1 Å². The van der Waals surface area contributed by atoms with Gasteiger partial charge in [0.1, 0.15) is 11.5 Å². The van der Waals surface area contributed by atoms with Gasteiger partial charge in [-0.2, -0.15) is 0 Å². The van der Waals surface area contributed by atoms with Crippen LogP contribution in [0.4, 0.5) is 10.5 Å². The van der Waals surface area contributed by atoms with Crippen LogP contribution in [0.1, 0.15) is 19.3 Å². The van der Waals surface area contributed by atoms with Crippen LogP contribution in [0.5, 0.6) is 11.5 Å². The van der Waals surface area contributed by atoms with Crippen molar-refractivity contribution in [2.45, 2.75) is 19.3 Å².